The molecule has 128 valence electrons. The van der Waals surface area contributed by atoms with Crippen LogP contribution in [0, 0.1) is 6.92 Å². The minimum atomic E-state index is -1.03. The monoisotopic (exact) mass is 387 g/mol. The van der Waals surface area contributed by atoms with Crippen LogP contribution in [0.15, 0.2) is 24.3 Å². The van der Waals surface area contributed by atoms with Crippen LogP contribution < -0.4 is 5.32 Å². The maximum atomic E-state index is 11.7. The molecule has 1 rings (SSSR count). The maximum absolute atomic E-state index is 11.7. The zero-order valence-corrected chi connectivity index (χ0v) is 15.8. The van der Waals surface area contributed by atoms with Crippen molar-refractivity contribution in [3.8, 4) is 0 Å². The summed E-state index contributed by atoms with van der Waals surface area (Å²) in [4.78, 5) is 22.9. The summed E-state index contributed by atoms with van der Waals surface area (Å²) in [6.45, 7) is 7.28. The Morgan fingerprint density at radius 1 is 1.26 bits per heavy atom. The second kappa shape index (κ2) is 8.94. The summed E-state index contributed by atoms with van der Waals surface area (Å²) >= 11 is 0.304. The summed E-state index contributed by atoms with van der Waals surface area (Å²) < 4.78 is 5.10. The van der Waals surface area contributed by atoms with Crippen LogP contribution in [-0.4, -0.2) is 43.8 Å². The van der Waals surface area contributed by atoms with Crippen LogP contribution in [0.25, 0.3) is 0 Å². The van der Waals surface area contributed by atoms with Crippen LogP contribution in [0.1, 0.15) is 38.3 Å². The molecule has 0 bridgehead atoms. The van der Waals surface area contributed by atoms with E-state index in [4.69, 9.17) is 4.74 Å². The van der Waals surface area contributed by atoms with E-state index in [0.717, 1.165) is 10.6 Å². The molecule has 0 saturated carbocycles. The molecule has 1 aromatic carbocycles. The van der Waals surface area contributed by atoms with E-state index in [1.54, 1.807) is 20.8 Å². The number of carboxylic acid groups (broad SMARTS) is 1. The van der Waals surface area contributed by atoms with Crippen LogP contribution in [-0.2, 0) is 14.9 Å². The number of nitrogens with one attached hydrogen (secondary N) is 1. The molecule has 0 aliphatic carbocycles. The number of amides is 1. The van der Waals surface area contributed by atoms with Gasteiger partial charge >= 0.3 is 144 Å². The van der Waals surface area contributed by atoms with E-state index in [-0.39, 0.29) is 0 Å². The van der Waals surface area contributed by atoms with E-state index < -0.39 is 23.7 Å². The van der Waals surface area contributed by atoms with Crippen molar-refractivity contribution in [2.24, 2.45) is 0 Å². The first kappa shape index (κ1) is 19.5. The zero-order chi connectivity index (χ0) is 17.5. The Bertz CT molecular complexity index is 522. The Kier molecular flexibility index (Phi) is 7.59. The molecule has 6 heteroatoms. The second-order valence-electron chi connectivity index (χ2n) is 6.36. The number of carboxylic acids is 1. The Morgan fingerprint density at radius 3 is 2.39 bits per heavy atom. The zero-order valence-electron chi connectivity index (χ0n) is 14.1. The summed E-state index contributed by atoms with van der Waals surface area (Å²) in [5, 5.41) is 13.4. The third-order valence-corrected chi connectivity index (χ3v) is 5.16. The first-order valence-electron chi connectivity index (χ1n) is 7.53. The first-order chi connectivity index (χ1) is 10.7. The van der Waals surface area contributed by atoms with Crippen LogP contribution in [0.5, 0.6) is 0 Å². The number of aryl methyl sites for hydroxylation is 1. The molecule has 1 atom stereocenters. The molecule has 2 N–H and O–H groups in total. The second-order valence-corrected chi connectivity index (χ2v) is 8.68. The summed E-state index contributed by atoms with van der Waals surface area (Å²) in [5.74, 6) is -1.03. The van der Waals surface area contributed by atoms with E-state index in [1.165, 1.54) is 11.1 Å². The number of hydrogen-bond donors (Lipinski definition) is 2. The molecular weight excluding hydrogens is 361 g/mol. The molecule has 0 radical (unpaired) electrons. The molecule has 0 aliphatic heterocycles. The standard InChI is InChI=1S/C17H25NO4Se/c1-12-5-7-13(8-6-12)11-23-10-9-14(15(19)20)18-16(21)22-17(2,3)4/h5-8,14H,9-11H2,1-4H3,(H,18,21)(H,19,20). The van der Waals surface area contributed by atoms with Crippen LogP contribution in [0.4, 0.5) is 4.79 Å². The summed E-state index contributed by atoms with van der Waals surface area (Å²) in [7, 11) is 0. The van der Waals surface area contributed by atoms with Crippen molar-refractivity contribution in [3.05, 3.63) is 35.4 Å². The minimum absolute atomic E-state index is 0.304. The van der Waals surface area contributed by atoms with Crippen molar-refractivity contribution in [1.82, 2.24) is 5.32 Å². The van der Waals surface area contributed by atoms with Crippen molar-refractivity contribution in [1.29, 1.82) is 0 Å². The Labute approximate surface area is 144 Å². The van der Waals surface area contributed by atoms with Gasteiger partial charge in [-0.3, -0.25) is 0 Å². The van der Waals surface area contributed by atoms with Crippen molar-refractivity contribution in [2.75, 3.05) is 0 Å². The summed E-state index contributed by atoms with van der Waals surface area (Å²) in [6.07, 6.45) is -0.267. The molecule has 0 aliphatic rings. The van der Waals surface area contributed by atoms with E-state index >= 15 is 0 Å². The van der Waals surface area contributed by atoms with Gasteiger partial charge in [0.05, 0.1) is 0 Å². The molecule has 5 nitrogen and oxygen atoms in total. The van der Waals surface area contributed by atoms with Gasteiger partial charge in [-0.1, -0.05) is 0 Å². The van der Waals surface area contributed by atoms with Gasteiger partial charge in [-0.15, -0.1) is 0 Å². The van der Waals surface area contributed by atoms with Gasteiger partial charge in [0.1, 0.15) is 0 Å². The SMILES string of the molecule is Cc1ccc(C[Se]CCC(NC(=O)OC(C)(C)C)C(=O)O)cc1. The molecule has 0 heterocycles. The molecule has 23 heavy (non-hydrogen) atoms. The predicted octanol–water partition coefficient (Wildman–Crippen LogP) is 2.99. The Morgan fingerprint density at radius 2 is 1.87 bits per heavy atom. The molecule has 0 spiro atoms. The number of alkyl carbamates (subject to hydrolysis) is 1. The number of benzene rings is 1. The average Bonchev–Trinajstić information content (AvgIpc) is 2.42. The van der Waals surface area contributed by atoms with E-state index in [0.29, 0.717) is 21.4 Å². The molecule has 1 aromatic rings. The Balaban J connectivity index is 2.37. The van der Waals surface area contributed by atoms with Crippen LogP contribution >= 0.6 is 0 Å². The van der Waals surface area contributed by atoms with E-state index in [1.807, 2.05) is 0 Å². The van der Waals surface area contributed by atoms with Crippen molar-refractivity contribution in [3.63, 3.8) is 0 Å². The third-order valence-electron chi connectivity index (χ3n) is 2.93. The van der Waals surface area contributed by atoms with E-state index in [9.17, 15) is 14.7 Å². The van der Waals surface area contributed by atoms with Crippen molar-refractivity contribution < 1.29 is 19.4 Å². The van der Waals surface area contributed by atoms with Crippen molar-refractivity contribution in [2.45, 2.75) is 56.4 Å². The van der Waals surface area contributed by atoms with Gasteiger partial charge in [0, 0.05) is 0 Å². The Hall–Kier alpha value is -1.52. The van der Waals surface area contributed by atoms with Crippen molar-refractivity contribution >= 4 is 27.0 Å². The number of carbonyl (C=O) groups excluding carboxylic acids is 1. The molecule has 1 amide bonds. The molecular formula is C17H25NO4Se. The fraction of sp³-hybridized carbons (Fsp3) is 0.529. The molecule has 0 fully saturated rings. The van der Waals surface area contributed by atoms with Crippen LogP contribution in [0.2, 0.25) is 5.32 Å². The van der Waals surface area contributed by atoms with Gasteiger partial charge in [-0.2, -0.15) is 0 Å². The van der Waals surface area contributed by atoms with Gasteiger partial charge in [-0.05, 0) is 0 Å². The van der Waals surface area contributed by atoms with Gasteiger partial charge in [0.15, 0.2) is 0 Å². The molecule has 0 aromatic heterocycles. The fourth-order valence-corrected chi connectivity index (χ4v) is 3.83. The van der Waals surface area contributed by atoms with Gasteiger partial charge < -0.3 is 0 Å². The summed E-state index contributed by atoms with van der Waals surface area (Å²) in [5.41, 5.74) is 1.86. The number of hydrogen-bond acceptors (Lipinski definition) is 3. The van der Waals surface area contributed by atoms with Crippen LogP contribution in [0.3, 0.4) is 0 Å². The molecule has 1 unspecified atom stereocenters. The number of rotatable bonds is 7. The fourth-order valence-electron chi connectivity index (χ4n) is 1.78. The van der Waals surface area contributed by atoms with Gasteiger partial charge in [0.2, 0.25) is 0 Å². The predicted molar refractivity (Wildman–Crippen MR) is 90.9 cm³/mol. The molecule has 0 saturated heterocycles. The van der Waals surface area contributed by atoms with Gasteiger partial charge in [-0.25, -0.2) is 0 Å². The van der Waals surface area contributed by atoms with Gasteiger partial charge in [0.25, 0.3) is 0 Å². The quantitative estimate of drug-likeness (QED) is 0.558. The number of ether oxygens (including phenoxy) is 1. The first-order valence-corrected chi connectivity index (χ1v) is 9.95. The third kappa shape index (κ3) is 8.62. The number of carbonyl (C=O) groups is 2. The normalized spacial score (nSPS) is 12.5. The van der Waals surface area contributed by atoms with E-state index in [2.05, 4.69) is 36.5 Å². The summed E-state index contributed by atoms with van der Waals surface area (Å²) in [6, 6.07) is 7.46. The topological polar surface area (TPSA) is 75.6 Å². The number of aliphatic carboxylic acids is 1. The average molecular weight is 386 g/mol.